The van der Waals surface area contributed by atoms with Crippen molar-refractivity contribution in [2.75, 3.05) is 18.0 Å². The molecule has 1 aliphatic rings. The number of benzene rings is 1. The molecule has 2 rings (SSSR count). The van der Waals surface area contributed by atoms with Crippen molar-refractivity contribution in [1.82, 2.24) is 0 Å². The lowest BCUT2D eigenvalue weighted by molar-refractivity contribution is -0.384. The van der Waals surface area contributed by atoms with Crippen LogP contribution in [0, 0.1) is 10.1 Å². The van der Waals surface area contributed by atoms with E-state index in [2.05, 4.69) is 15.9 Å². The molecule has 6 heteroatoms. The number of anilines is 1. The SMILES string of the molecule is O=[N+]([O-])c1ccc(N2CCC(O)C2)c(Br)c1. The minimum Gasteiger partial charge on any atom is -0.391 e. The van der Waals surface area contributed by atoms with Gasteiger partial charge in [-0.3, -0.25) is 10.1 Å². The molecule has 1 unspecified atom stereocenters. The van der Waals surface area contributed by atoms with Crippen molar-refractivity contribution in [2.45, 2.75) is 12.5 Å². The van der Waals surface area contributed by atoms with E-state index < -0.39 is 4.92 Å². The van der Waals surface area contributed by atoms with Gasteiger partial charge in [-0.25, -0.2) is 0 Å². The van der Waals surface area contributed by atoms with Gasteiger partial charge in [-0.2, -0.15) is 0 Å². The number of hydrogen-bond acceptors (Lipinski definition) is 4. The zero-order chi connectivity index (χ0) is 11.7. The molecule has 5 nitrogen and oxygen atoms in total. The van der Waals surface area contributed by atoms with Crippen molar-refractivity contribution in [3.63, 3.8) is 0 Å². The quantitative estimate of drug-likeness (QED) is 0.666. The van der Waals surface area contributed by atoms with Gasteiger partial charge in [-0.1, -0.05) is 0 Å². The van der Waals surface area contributed by atoms with E-state index >= 15 is 0 Å². The third kappa shape index (κ3) is 2.17. The standard InChI is InChI=1S/C10H11BrN2O3/c11-9-5-7(13(15)16)1-2-10(9)12-4-3-8(14)6-12/h1-2,5,8,14H,3-4,6H2. The lowest BCUT2D eigenvalue weighted by Crippen LogP contribution is -2.21. The molecule has 1 aliphatic heterocycles. The largest absolute Gasteiger partial charge is 0.391 e. The fraction of sp³-hybridized carbons (Fsp3) is 0.400. The predicted molar refractivity (Wildman–Crippen MR) is 63.6 cm³/mol. The van der Waals surface area contributed by atoms with Crippen LogP contribution in [-0.4, -0.2) is 29.2 Å². The summed E-state index contributed by atoms with van der Waals surface area (Å²) >= 11 is 3.32. The van der Waals surface area contributed by atoms with Crippen LogP contribution < -0.4 is 4.90 Å². The summed E-state index contributed by atoms with van der Waals surface area (Å²) in [5, 5.41) is 20.0. The summed E-state index contributed by atoms with van der Waals surface area (Å²) in [4.78, 5) is 12.2. The number of nitro groups is 1. The maximum absolute atomic E-state index is 10.6. The smallest absolute Gasteiger partial charge is 0.270 e. The Bertz CT molecular complexity index is 425. The zero-order valence-corrected chi connectivity index (χ0v) is 10.1. The number of halogens is 1. The van der Waals surface area contributed by atoms with E-state index in [9.17, 15) is 15.2 Å². The Morgan fingerprint density at radius 2 is 2.31 bits per heavy atom. The molecule has 86 valence electrons. The van der Waals surface area contributed by atoms with Gasteiger partial charge in [-0.15, -0.1) is 0 Å². The summed E-state index contributed by atoms with van der Waals surface area (Å²) in [5.41, 5.74) is 0.956. The second-order valence-electron chi connectivity index (χ2n) is 3.78. The lowest BCUT2D eigenvalue weighted by Gasteiger charge is -2.19. The second kappa shape index (κ2) is 4.39. The predicted octanol–water partition coefficient (Wildman–Crippen LogP) is 1.93. The Balaban J connectivity index is 2.26. The van der Waals surface area contributed by atoms with Crippen LogP contribution in [0.25, 0.3) is 0 Å². The highest BCUT2D eigenvalue weighted by Crippen LogP contribution is 2.32. The molecular formula is C10H11BrN2O3. The van der Waals surface area contributed by atoms with Crippen LogP contribution in [0.1, 0.15) is 6.42 Å². The number of rotatable bonds is 2. The monoisotopic (exact) mass is 286 g/mol. The first-order chi connectivity index (χ1) is 7.58. The van der Waals surface area contributed by atoms with Gasteiger partial charge in [0.2, 0.25) is 0 Å². The molecule has 0 aromatic heterocycles. The molecule has 1 aromatic rings. The molecule has 0 amide bonds. The van der Waals surface area contributed by atoms with Crippen LogP contribution in [0.5, 0.6) is 0 Å². The maximum Gasteiger partial charge on any atom is 0.270 e. The van der Waals surface area contributed by atoms with Crippen LogP contribution in [0.15, 0.2) is 22.7 Å². The van der Waals surface area contributed by atoms with Crippen LogP contribution in [0.2, 0.25) is 0 Å². The van der Waals surface area contributed by atoms with Crippen molar-refractivity contribution < 1.29 is 10.0 Å². The van der Waals surface area contributed by atoms with Crippen LogP contribution in [0.4, 0.5) is 11.4 Å². The highest BCUT2D eigenvalue weighted by molar-refractivity contribution is 9.10. The lowest BCUT2D eigenvalue weighted by atomic mass is 10.2. The average molecular weight is 287 g/mol. The van der Waals surface area contributed by atoms with E-state index in [0.29, 0.717) is 11.0 Å². The Kier molecular flexibility index (Phi) is 3.11. The fourth-order valence-corrected chi connectivity index (χ4v) is 2.44. The normalized spacial score (nSPS) is 20.1. The topological polar surface area (TPSA) is 66.6 Å². The third-order valence-electron chi connectivity index (χ3n) is 2.65. The molecule has 1 heterocycles. The zero-order valence-electron chi connectivity index (χ0n) is 8.47. The molecule has 16 heavy (non-hydrogen) atoms. The summed E-state index contributed by atoms with van der Waals surface area (Å²) in [6.45, 7) is 1.36. The van der Waals surface area contributed by atoms with Crippen molar-refractivity contribution in [2.24, 2.45) is 0 Å². The van der Waals surface area contributed by atoms with E-state index in [1.54, 1.807) is 6.07 Å². The molecule has 0 aliphatic carbocycles. The first-order valence-corrected chi connectivity index (χ1v) is 5.74. The second-order valence-corrected chi connectivity index (χ2v) is 4.64. The molecule has 0 radical (unpaired) electrons. The molecule has 0 spiro atoms. The van der Waals surface area contributed by atoms with E-state index in [-0.39, 0.29) is 11.8 Å². The Labute approximate surface area is 101 Å². The van der Waals surface area contributed by atoms with Gasteiger partial charge in [-0.05, 0) is 28.4 Å². The first-order valence-electron chi connectivity index (χ1n) is 4.95. The molecule has 1 atom stereocenters. The molecule has 1 saturated heterocycles. The van der Waals surface area contributed by atoms with Gasteiger partial charge in [0.1, 0.15) is 0 Å². The first kappa shape index (κ1) is 11.3. The number of non-ortho nitro benzene ring substituents is 1. The van der Waals surface area contributed by atoms with Crippen LogP contribution >= 0.6 is 15.9 Å². The highest BCUT2D eigenvalue weighted by Gasteiger charge is 2.22. The van der Waals surface area contributed by atoms with Gasteiger partial charge in [0.05, 0.1) is 16.7 Å². The van der Waals surface area contributed by atoms with Crippen molar-refractivity contribution in [3.05, 3.63) is 32.8 Å². The Morgan fingerprint density at radius 1 is 1.56 bits per heavy atom. The molecule has 1 N–H and O–H groups in total. The number of aliphatic hydroxyl groups is 1. The third-order valence-corrected chi connectivity index (χ3v) is 3.28. The van der Waals surface area contributed by atoms with E-state index in [4.69, 9.17) is 0 Å². The van der Waals surface area contributed by atoms with Gasteiger partial charge >= 0.3 is 0 Å². The molecular weight excluding hydrogens is 276 g/mol. The van der Waals surface area contributed by atoms with E-state index in [1.165, 1.54) is 12.1 Å². The molecule has 1 fully saturated rings. The Hall–Kier alpha value is -1.14. The summed E-state index contributed by atoms with van der Waals surface area (Å²) < 4.78 is 0.691. The van der Waals surface area contributed by atoms with E-state index in [1.807, 2.05) is 4.90 Å². The van der Waals surface area contributed by atoms with Crippen molar-refractivity contribution >= 4 is 27.3 Å². The van der Waals surface area contributed by atoms with E-state index in [0.717, 1.165) is 18.7 Å². The van der Waals surface area contributed by atoms with Gasteiger partial charge < -0.3 is 10.0 Å². The van der Waals surface area contributed by atoms with Gasteiger partial charge in [0, 0.05) is 29.7 Å². The summed E-state index contributed by atoms with van der Waals surface area (Å²) in [5.74, 6) is 0. The van der Waals surface area contributed by atoms with Gasteiger partial charge in [0.15, 0.2) is 0 Å². The number of nitrogens with zero attached hydrogens (tertiary/aromatic N) is 2. The number of aliphatic hydroxyl groups excluding tert-OH is 1. The number of hydrogen-bond donors (Lipinski definition) is 1. The minimum absolute atomic E-state index is 0.0652. The van der Waals surface area contributed by atoms with Gasteiger partial charge in [0.25, 0.3) is 5.69 Å². The maximum atomic E-state index is 10.6. The summed E-state index contributed by atoms with van der Waals surface area (Å²) in [6.07, 6.45) is 0.436. The number of β-amino-alcohol motifs (C(OH)–C–C–N with tert-alkyl or cyclic N) is 1. The molecule has 1 aromatic carbocycles. The Morgan fingerprint density at radius 3 is 2.81 bits per heavy atom. The minimum atomic E-state index is -0.423. The molecule has 0 bridgehead atoms. The van der Waals surface area contributed by atoms with Crippen LogP contribution in [0.3, 0.4) is 0 Å². The average Bonchev–Trinajstić information content (AvgIpc) is 2.64. The summed E-state index contributed by atoms with van der Waals surface area (Å²) in [7, 11) is 0. The fourth-order valence-electron chi connectivity index (χ4n) is 1.83. The van der Waals surface area contributed by atoms with Crippen molar-refractivity contribution in [3.8, 4) is 0 Å². The molecule has 0 saturated carbocycles. The summed E-state index contributed by atoms with van der Waals surface area (Å²) in [6, 6.07) is 4.67. The highest BCUT2D eigenvalue weighted by atomic mass is 79.9. The van der Waals surface area contributed by atoms with Crippen molar-refractivity contribution in [1.29, 1.82) is 0 Å². The van der Waals surface area contributed by atoms with Crippen LogP contribution in [-0.2, 0) is 0 Å². The number of nitro benzene ring substituents is 1.